The Bertz CT molecular complexity index is 230. The molecule has 1 aromatic heterocycles. The van der Waals surface area contributed by atoms with E-state index in [0.717, 1.165) is 13.3 Å². The Labute approximate surface area is 78.4 Å². The smallest absolute Gasteiger partial charge is 0.300 e. The predicted molar refractivity (Wildman–Crippen MR) is 51.5 cm³/mol. The monoisotopic (exact) mass is 181 g/mol. The Hall–Kier alpha value is -1.38. The van der Waals surface area contributed by atoms with Gasteiger partial charge in [0, 0.05) is 18.8 Å². The van der Waals surface area contributed by atoms with Gasteiger partial charge in [-0.2, -0.15) is 0 Å². The van der Waals surface area contributed by atoms with Crippen molar-refractivity contribution in [3.8, 4) is 0 Å². The molecule has 3 heteroatoms. The summed E-state index contributed by atoms with van der Waals surface area (Å²) >= 11 is 0. The van der Waals surface area contributed by atoms with E-state index in [2.05, 4.69) is 18.0 Å². The summed E-state index contributed by atoms with van der Waals surface area (Å²) in [4.78, 5) is 13.2. The zero-order chi connectivity index (χ0) is 10.1. The molecule has 0 fully saturated rings. The van der Waals surface area contributed by atoms with Gasteiger partial charge in [-0.1, -0.05) is 19.4 Å². The highest BCUT2D eigenvalue weighted by Gasteiger charge is 1.86. The molecule has 0 saturated carbocycles. The van der Waals surface area contributed by atoms with Gasteiger partial charge in [-0.25, -0.2) is 0 Å². The van der Waals surface area contributed by atoms with Crippen molar-refractivity contribution in [2.45, 2.75) is 26.7 Å². The van der Waals surface area contributed by atoms with Crippen molar-refractivity contribution in [2.24, 2.45) is 0 Å². The van der Waals surface area contributed by atoms with Gasteiger partial charge in [0.1, 0.15) is 0 Å². The molecule has 3 nitrogen and oxygen atoms in total. The maximum atomic E-state index is 9.00. The van der Waals surface area contributed by atoms with Crippen LogP contribution in [0.25, 0.3) is 0 Å². The van der Waals surface area contributed by atoms with Crippen molar-refractivity contribution >= 4 is 5.97 Å². The number of aryl methyl sites for hydroxylation is 1. The van der Waals surface area contributed by atoms with Crippen LogP contribution in [0.5, 0.6) is 0 Å². The molecule has 0 saturated heterocycles. The Kier molecular flexibility index (Phi) is 6.51. The summed E-state index contributed by atoms with van der Waals surface area (Å²) in [6.45, 7) is 3.24. The molecule has 72 valence electrons. The fourth-order valence-corrected chi connectivity index (χ4v) is 0.802. The Morgan fingerprint density at radius 1 is 1.54 bits per heavy atom. The first-order valence-electron chi connectivity index (χ1n) is 4.26. The van der Waals surface area contributed by atoms with Crippen LogP contribution >= 0.6 is 0 Å². The van der Waals surface area contributed by atoms with Crippen LogP contribution in [0.2, 0.25) is 0 Å². The van der Waals surface area contributed by atoms with E-state index < -0.39 is 5.97 Å². The van der Waals surface area contributed by atoms with Gasteiger partial charge in [0.2, 0.25) is 0 Å². The molecule has 0 aromatic carbocycles. The van der Waals surface area contributed by atoms with Crippen molar-refractivity contribution in [1.29, 1.82) is 0 Å². The van der Waals surface area contributed by atoms with Crippen LogP contribution in [0.15, 0.2) is 24.4 Å². The first-order valence-corrected chi connectivity index (χ1v) is 4.26. The lowest BCUT2D eigenvalue weighted by Gasteiger charge is -1.92. The molecular weight excluding hydrogens is 166 g/mol. The predicted octanol–water partition coefficient (Wildman–Crippen LogP) is 2.12. The van der Waals surface area contributed by atoms with Gasteiger partial charge in [0.25, 0.3) is 5.97 Å². The van der Waals surface area contributed by atoms with E-state index >= 15 is 0 Å². The van der Waals surface area contributed by atoms with Crippen LogP contribution in [0, 0.1) is 0 Å². The normalized spacial score (nSPS) is 8.46. The molecule has 0 amide bonds. The van der Waals surface area contributed by atoms with Crippen LogP contribution < -0.4 is 0 Å². The summed E-state index contributed by atoms with van der Waals surface area (Å²) in [5.74, 6) is -0.833. The highest BCUT2D eigenvalue weighted by molar-refractivity contribution is 5.62. The maximum Gasteiger partial charge on any atom is 0.300 e. The minimum absolute atomic E-state index is 0.833. The Morgan fingerprint density at radius 2 is 2.15 bits per heavy atom. The van der Waals surface area contributed by atoms with Gasteiger partial charge in [-0.15, -0.1) is 0 Å². The number of rotatable bonds is 2. The summed E-state index contributed by atoms with van der Waals surface area (Å²) in [7, 11) is 0. The standard InChI is InChI=1S/C8H11N.C2H4O2/c1-2-5-8-6-3-4-7-9-8;1-2(3)4/h3-4,6-7H,2,5H2,1H3;1H3,(H,3,4). The van der Waals surface area contributed by atoms with Gasteiger partial charge >= 0.3 is 0 Å². The van der Waals surface area contributed by atoms with Crippen molar-refractivity contribution in [3.63, 3.8) is 0 Å². The molecule has 1 heterocycles. The molecule has 1 N–H and O–H groups in total. The van der Waals surface area contributed by atoms with Crippen molar-refractivity contribution in [3.05, 3.63) is 30.1 Å². The van der Waals surface area contributed by atoms with Crippen LogP contribution in [-0.2, 0) is 11.2 Å². The number of carboxylic acids is 1. The third kappa shape index (κ3) is 8.53. The second-order valence-electron chi connectivity index (χ2n) is 2.59. The topological polar surface area (TPSA) is 50.2 Å². The molecular formula is C10H15NO2. The number of hydrogen-bond acceptors (Lipinski definition) is 2. The van der Waals surface area contributed by atoms with Crippen LogP contribution in [0.3, 0.4) is 0 Å². The minimum atomic E-state index is -0.833. The van der Waals surface area contributed by atoms with E-state index in [1.165, 1.54) is 12.1 Å². The maximum absolute atomic E-state index is 9.00. The highest BCUT2D eigenvalue weighted by atomic mass is 16.4. The second-order valence-corrected chi connectivity index (χ2v) is 2.59. The largest absolute Gasteiger partial charge is 0.481 e. The summed E-state index contributed by atoms with van der Waals surface area (Å²) in [5.41, 5.74) is 1.19. The average Bonchev–Trinajstić information content (AvgIpc) is 2.06. The summed E-state index contributed by atoms with van der Waals surface area (Å²) < 4.78 is 0. The van der Waals surface area contributed by atoms with E-state index in [1.54, 1.807) is 0 Å². The molecule has 0 aliphatic carbocycles. The molecule has 1 rings (SSSR count). The zero-order valence-electron chi connectivity index (χ0n) is 8.03. The van der Waals surface area contributed by atoms with Gasteiger partial charge in [-0.05, 0) is 18.6 Å². The quantitative estimate of drug-likeness (QED) is 0.760. The molecule has 0 spiro atoms. The van der Waals surface area contributed by atoms with E-state index in [0.29, 0.717) is 0 Å². The second kappa shape index (κ2) is 7.28. The lowest BCUT2D eigenvalue weighted by Crippen LogP contribution is -1.84. The number of hydrogen-bond donors (Lipinski definition) is 1. The Morgan fingerprint density at radius 3 is 2.54 bits per heavy atom. The van der Waals surface area contributed by atoms with Crippen molar-refractivity contribution in [2.75, 3.05) is 0 Å². The minimum Gasteiger partial charge on any atom is -0.481 e. The summed E-state index contributed by atoms with van der Waals surface area (Å²) in [6.07, 6.45) is 4.11. The fourth-order valence-electron chi connectivity index (χ4n) is 0.802. The van der Waals surface area contributed by atoms with Gasteiger partial charge in [0.15, 0.2) is 0 Å². The molecule has 0 bridgehead atoms. The molecule has 0 aliphatic heterocycles. The number of aromatic nitrogens is 1. The number of pyridine rings is 1. The third-order valence-electron chi connectivity index (χ3n) is 1.23. The van der Waals surface area contributed by atoms with Crippen LogP contribution in [-0.4, -0.2) is 16.1 Å². The molecule has 13 heavy (non-hydrogen) atoms. The average molecular weight is 181 g/mol. The molecule has 0 radical (unpaired) electrons. The SMILES string of the molecule is CC(=O)O.CCCc1ccccn1. The third-order valence-corrected chi connectivity index (χ3v) is 1.23. The van der Waals surface area contributed by atoms with Crippen molar-refractivity contribution < 1.29 is 9.90 Å². The lowest BCUT2D eigenvalue weighted by molar-refractivity contribution is -0.134. The van der Waals surface area contributed by atoms with E-state index in [-0.39, 0.29) is 0 Å². The van der Waals surface area contributed by atoms with Gasteiger partial charge in [-0.3, -0.25) is 9.78 Å². The molecule has 0 aliphatic rings. The number of carbonyl (C=O) groups is 1. The highest BCUT2D eigenvalue weighted by Crippen LogP contribution is 1.95. The van der Waals surface area contributed by atoms with E-state index in [1.807, 2.05) is 18.3 Å². The van der Waals surface area contributed by atoms with Crippen LogP contribution in [0.1, 0.15) is 26.0 Å². The summed E-state index contributed by atoms with van der Waals surface area (Å²) in [6, 6.07) is 6.03. The molecule has 0 atom stereocenters. The first kappa shape index (κ1) is 11.6. The van der Waals surface area contributed by atoms with E-state index in [4.69, 9.17) is 9.90 Å². The zero-order valence-corrected chi connectivity index (χ0v) is 8.03. The molecule has 1 aromatic rings. The molecule has 0 unspecified atom stereocenters. The number of nitrogens with zero attached hydrogens (tertiary/aromatic N) is 1. The fraction of sp³-hybridized carbons (Fsp3) is 0.400. The Balaban J connectivity index is 0.000000310. The van der Waals surface area contributed by atoms with Crippen LogP contribution in [0.4, 0.5) is 0 Å². The van der Waals surface area contributed by atoms with Gasteiger partial charge in [0.05, 0.1) is 0 Å². The number of aliphatic carboxylic acids is 1. The lowest BCUT2D eigenvalue weighted by atomic mass is 10.2. The first-order chi connectivity index (χ1) is 6.16. The number of carboxylic acid groups (broad SMARTS) is 1. The van der Waals surface area contributed by atoms with Gasteiger partial charge < -0.3 is 5.11 Å². The van der Waals surface area contributed by atoms with Crippen molar-refractivity contribution in [1.82, 2.24) is 4.98 Å². The van der Waals surface area contributed by atoms with E-state index in [9.17, 15) is 0 Å². The summed E-state index contributed by atoms with van der Waals surface area (Å²) in [5, 5.41) is 7.42.